The zero-order valence-corrected chi connectivity index (χ0v) is 19.8. The number of anilines is 2. The Morgan fingerprint density at radius 1 is 1.12 bits per heavy atom. The van der Waals surface area contributed by atoms with Gasteiger partial charge >= 0.3 is 0 Å². The number of carbonyl (C=O) groups is 2. The van der Waals surface area contributed by atoms with E-state index in [1.807, 2.05) is 6.07 Å². The van der Waals surface area contributed by atoms with E-state index >= 15 is 0 Å². The molecular formula is C23H27N5O5S. The Labute approximate surface area is 198 Å². The fourth-order valence-electron chi connectivity index (χ4n) is 3.89. The summed E-state index contributed by atoms with van der Waals surface area (Å²) < 4.78 is 33.2. The van der Waals surface area contributed by atoms with Gasteiger partial charge in [0, 0.05) is 18.8 Å². The van der Waals surface area contributed by atoms with Crippen LogP contribution in [0.3, 0.4) is 0 Å². The smallest absolute Gasteiger partial charge is 0.292 e. The second-order valence-electron chi connectivity index (χ2n) is 8.06. The number of aliphatic imine (C=N–C) groups is 1. The molecule has 2 N–H and O–H groups in total. The van der Waals surface area contributed by atoms with Gasteiger partial charge in [-0.1, -0.05) is 24.6 Å². The summed E-state index contributed by atoms with van der Waals surface area (Å²) in [5.41, 5.74) is 3.59. The van der Waals surface area contributed by atoms with Gasteiger partial charge < -0.3 is 10.1 Å². The molecule has 2 heterocycles. The number of amides is 2. The molecule has 1 saturated heterocycles. The van der Waals surface area contributed by atoms with E-state index in [9.17, 15) is 18.0 Å². The number of piperidine rings is 1. The van der Waals surface area contributed by atoms with E-state index in [1.54, 1.807) is 37.3 Å². The van der Waals surface area contributed by atoms with Crippen LogP contribution in [0, 0.1) is 0 Å². The Hall–Kier alpha value is -3.44. The monoisotopic (exact) mass is 485 g/mol. The molecule has 0 aliphatic carbocycles. The Morgan fingerprint density at radius 2 is 1.82 bits per heavy atom. The Kier molecular flexibility index (Phi) is 6.85. The summed E-state index contributed by atoms with van der Waals surface area (Å²) in [6.07, 6.45) is 2.60. The summed E-state index contributed by atoms with van der Waals surface area (Å²) in [6.45, 7) is 2.50. The molecule has 2 aliphatic heterocycles. The first-order valence-electron chi connectivity index (χ1n) is 11.0. The molecule has 4 rings (SSSR count). The summed E-state index contributed by atoms with van der Waals surface area (Å²) >= 11 is 0. The minimum absolute atomic E-state index is 0.0114. The SMILES string of the molecule is COc1ccc(NC(=O)C2=NC(C)C(=O)N(c3ccccc3)N2)cc1S(=O)(=O)N1CCCCC1. The van der Waals surface area contributed by atoms with Crippen LogP contribution in [-0.2, 0) is 19.6 Å². The molecule has 2 aromatic carbocycles. The summed E-state index contributed by atoms with van der Waals surface area (Å²) in [7, 11) is -2.39. The Balaban J connectivity index is 1.58. The van der Waals surface area contributed by atoms with Gasteiger partial charge in [0.2, 0.25) is 15.9 Å². The van der Waals surface area contributed by atoms with Crippen molar-refractivity contribution in [3.63, 3.8) is 0 Å². The van der Waals surface area contributed by atoms with E-state index in [4.69, 9.17) is 4.74 Å². The average molecular weight is 486 g/mol. The second-order valence-corrected chi connectivity index (χ2v) is 9.97. The standard InChI is InChI=1S/C23H27N5O5S/c1-16-23(30)28(18-9-5-3-6-10-18)26-21(24-16)22(29)25-17-11-12-19(33-2)20(15-17)34(31,32)27-13-7-4-8-14-27/h3,5-6,9-12,15-16H,4,7-8,13-14H2,1-2H3,(H,24,26)(H,25,29). The predicted molar refractivity (Wildman–Crippen MR) is 128 cm³/mol. The van der Waals surface area contributed by atoms with Crippen molar-refractivity contribution in [2.75, 3.05) is 30.5 Å². The van der Waals surface area contributed by atoms with Gasteiger partial charge in [0.15, 0.2) is 0 Å². The fourth-order valence-corrected chi connectivity index (χ4v) is 5.59. The molecule has 2 amide bonds. The molecule has 1 atom stereocenters. The molecule has 11 heteroatoms. The lowest BCUT2D eigenvalue weighted by Gasteiger charge is -2.30. The highest BCUT2D eigenvalue weighted by atomic mass is 32.2. The van der Waals surface area contributed by atoms with Gasteiger partial charge in [0.1, 0.15) is 16.7 Å². The van der Waals surface area contributed by atoms with Crippen molar-refractivity contribution < 1.29 is 22.7 Å². The highest BCUT2D eigenvalue weighted by Crippen LogP contribution is 2.31. The van der Waals surface area contributed by atoms with Crippen LogP contribution in [0.15, 0.2) is 58.4 Å². The number of methoxy groups -OCH3 is 1. The van der Waals surface area contributed by atoms with E-state index in [-0.39, 0.29) is 28.1 Å². The lowest BCUT2D eigenvalue weighted by molar-refractivity contribution is -0.120. The molecule has 0 radical (unpaired) electrons. The molecular weight excluding hydrogens is 458 g/mol. The van der Waals surface area contributed by atoms with E-state index in [0.29, 0.717) is 18.8 Å². The van der Waals surface area contributed by atoms with Crippen LogP contribution in [-0.4, -0.2) is 56.6 Å². The maximum Gasteiger partial charge on any atom is 0.292 e. The van der Waals surface area contributed by atoms with Crippen molar-refractivity contribution in [3.8, 4) is 5.75 Å². The molecule has 0 bridgehead atoms. The summed E-state index contributed by atoms with van der Waals surface area (Å²) in [4.78, 5) is 29.7. The van der Waals surface area contributed by atoms with Gasteiger partial charge in [-0.2, -0.15) is 4.31 Å². The van der Waals surface area contributed by atoms with Gasteiger partial charge in [-0.25, -0.2) is 18.4 Å². The number of hydrogen-bond acceptors (Lipinski definition) is 7. The molecule has 0 saturated carbocycles. The van der Waals surface area contributed by atoms with Gasteiger partial charge in [-0.05, 0) is 50.1 Å². The number of para-hydroxylation sites is 1. The largest absolute Gasteiger partial charge is 0.495 e. The summed E-state index contributed by atoms with van der Waals surface area (Å²) in [6, 6.07) is 12.5. The van der Waals surface area contributed by atoms with Crippen LogP contribution in [0.1, 0.15) is 26.2 Å². The molecule has 180 valence electrons. The first-order chi connectivity index (χ1) is 16.3. The van der Waals surface area contributed by atoms with Crippen LogP contribution in [0.25, 0.3) is 0 Å². The number of hydrazine groups is 1. The van der Waals surface area contributed by atoms with E-state index in [0.717, 1.165) is 19.3 Å². The molecule has 1 unspecified atom stereocenters. The third-order valence-electron chi connectivity index (χ3n) is 5.70. The minimum atomic E-state index is -3.79. The van der Waals surface area contributed by atoms with Crippen molar-refractivity contribution in [3.05, 3.63) is 48.5 Å². The second kappa shape index (κ2) is 9.82. The van der Waals surface area contributed by atoms with E-state index in [2.05, 4.69) is 15.7 Å². The Morgan fingerprint density at radius 3 is 2.50 bits per heavy atom. The summed E-state index contributed by atoms with van der Waals surface area (Å²) in [5.74, 6) is -0.771. The van der Waals surface area contributed by atoms with Crippen molar-refractivity contribution in [1.29, 1.82) is 0 Å². The topological polar surface area (TPSA) is 120 Å². The van der Waals surface area contributed by atoms with Gasteiger partial charge in [0.25, 0.3) is 11.8 Å². The first-order valence-corrected chi connectivity index (χ1v) is 12.5. The van der Waals surface area contributed by atoms with Crippen molar-refractivity contribution in [2.45, 2.75) is 37.1 Å². The van der Waals surface area contributed by atoms with E-state index < -0.39 is 22.0 Å². The maximum absolute atomic E-state index is 13.2. The predicted octanol–water partition coefficient (Wildman–Crippen LogP) is 2.15. The average Bonchev–Trinajstić information content (AvgIpc) is 2.86. The lowest BCUT2D eigenvalue weighted by atomic mass is 10.2. The molecule has 0 spiro atoms. The molecule has 2 aromatic rings. The van der Waals surface area contributed by atoms with Crippen molar-refractivity contribution in [2.24, 2.45) is 4.99 Å². The lowest BCUT2D eigenvalue weighted by Crippen LogP contribution is -2.57. The first kappa shape index (κ1) is 23.7. The van der Waals surface area contributed by atoms with Crippen LogP contribution in [0.2, 0.25) is 0 Å². The zero-order valence-electron chi connectivity index (χ0n) is 19.0. The van der Waals surface area contributed by atoms with Gasteiger partial charge in [-0.15, -0.1) is 0 Å². The quantitative estimate of drug-likeness (QED) is 0.647. The number of nitrogens with one attached hydrogen (secondary N) is 2. The number of hydrogen-bond donors (Lipinski definition) is 2. The minimum Gasteiger partial charge on any atom is -0.495 e. The van der Waals surface area contributed by atoms with Crippen LogP contribution < -0.4 is 20.5 Å². The summed E-state index contributed by atoms with van der Waals surface area (Å²) in [5, 5.41) is 3.95. The Bertz CT molecular complexity index is 1210. The van der Waals surface area contributed by atoms with Crippen molar-refractivity contribution in [1.82, 2.24) is 9.73 Å². The normalized spacial score (nSPS) is 19.2. The van der Waals surface area contributed by atoms with Crippen LogP contribution in [0.5, 0.6) is 5.75 Å². The number of benzene rings is 2. The van der Waals surface area contributed by atoms with Crippen molar-refractivity contribution >= 4 is 39.0 Å². The van der Waals surface area contributed by atoms with Gasteiger partial charge in [-0.3, -0.25) is 15.0 Å². The van der Waals surface area contributed by atoms with E-state index in [1.165, 1.54) is 28.6 Å². The molecule has 1 fully saturated rings. The number of rotatable bonds is 6. The molecule has 10 nitrogen and oxygen atoms in total. The van der Waals surface area contributed by atoms with Crippen LogP contribution in [0.4, 0.5) is 11.4 Å². The third-order valence-corrected chi connectivity index (χ3v) is 7.62. The van der Waals surface area contributed by atoms with Crippen LogP contribution >= 0.6 is 0 Å². The highest BCUT2D eigenvalue weighted by molar-refractivity contribution is 7.89. The van der Waals surface area contributed by atoms with Gasteiger partial charge in [0.05, 0.1) is 12.8 Å². The molecule has 0 aromatic heterocycles. The third kappa shape index (κ3) is 4.75. The molecule has 2 aliphatic rings. The maximum atomic E-state index is 13.2. The zero-order chi connectivity index (χ0) is 24.3. The number of sulfonamides is 1. The fraction of sp³-hybridized carbons (Fsp3) is 0.348. The number of ether oxygens (including phenoxy) is 1. The highest BCUT2D eigenvalue weighted by Gasteiger charge is 2.32. The number of nitrogens with zero attached hydrogens (tertiary/aromatic N) is 3. The number of carbonyl (C=O) groups excluding carboxylic acids is 2. The molecule has 34 heavy (non-hydrogen) atoms. The number of amidine groups is 1.